The molecule has 1 aromatic heterocycles. The predicted octanol–water partition coefficient (Wildman–Crippen LogP) is 1.84. The number of fused-ring (bicyclic) bond motifs is 1. The van der Waals surface area contributed by atoms with Gasteiger partial charge in [0.1, 0.15) is 0 Å². The first-order valence-corrected chi connectivity index (χ1v) is 5.49. The molecule has 3 nitrogen and oxygen atoms in total. The fourth-order valence-corrected chi connectivity index (χ4v) is 1.89. The fraction of sp³-hybridized carbons (Fsp3) is 0.727. The predicted molar refractivity (Wildman–Crippen MR) is 57.3 cm³/mol. The average molecular weight is 193 g/mol. The van der Waals surface area contributed by atoms with Crippen LogP contribution in [0, 0.1) is 0 Å². The van der Waals surface area contributed by atoms with Crippen LogP contribution >= 0.6 is 0 Å². The molecule has 0 aliphatic carbocycles. The molecule has 1 aliphatic rings. The number of nitrogens with zero attached hydrogens (tertiary/aromatic N) is 3. The van der Waals surface area contributed by atoms with E-state index in [-0.39, 0.29) is 0 Å². The highest BCUT2D eigenvalue weighted by atomic mass is 15.3. The summed E-state index contributed by atoms with van der Waals surface area (Å²) in [5.74, 6) is 0.545. The highest BCUT2D eigenvalue weighted by molar-refractivity contribution is 5.14. The summed E-state index contributed by atoms with van der Waals surface area (Å²) in [6, 6.07) is 2.26. The van der Waals surface area contributed by atoms with Gasteiger partial charge in [-0.2, -0.15) is 5.10 Å². The van der Waals surface area contributed by atoms with E-state index in [4.69, 9.17) is 0 Å². The number of rotatable bonds is 2. The molecule has 0 spiro atoms. The van der Waals surface area contributed by atoms with Crippen LogP contribution in [0.3, 0.4) is 0 Å². The van der Waals surface area contributed by atoms with Gasteiger partial charge in [-0.15, -0.1) is 0 Å². The normalized spacial score (nSPS) is 17.4. The molecule has 0 amide bonds. The second kappa shape index (κ2) is 3.73. The highest BCUT2D eigenvalue weighted by Gasteiger charge is 2.17. The van der Waals surface area contributed by atoms with Crippen LogP contribution in [0.15, 0.2) is 6.07 Å². The van der Waals surface area contributed by atoms with Crippen molar-refractivity contribution in [3.05, 3.63) is 17.5 Å². The lowest BCUT2D eigenvalue weighted by atomic mass is 10.1. The van der Waals surface area contributed by atoms with Crippen molar-refractivity contribution in [1.82, 2.24) is 14.7 Å². The van der Waals surface area contributed by atoms with Crippen molar-refractivity contribution < 1.29 is 0 Å². The largest absolute Gasteiger partial charge is 0.296 e. The average Bonchev–Trinajstić information content (AvgIpc) is 2.59. The van der Waals surface area contributed by atoms with Gasteiger partial charge < -0.3 is 0 Å². The molecule has 0 fully saturated rings. The van der Waals surface area contributed by atoms with Crippen LogP contribution in [-0.2, 0) is 13.1 Å². The van der Waals surface area contributed by atoms with Gasteiger partial charge in [0.15, 0.2) is 0 Å². The van der Waals surface area contributed by atoms with Gasteiger partial charge in [0.25, 0.3) is 0 Å². The summed E-state index contributed by atoms with van der Waals surface area (Å²) in [5, 5.41) is 4.61. The Bertz CT molecular complexity index is 314. The van der Waals surface area contributed by atoms with Crippen molar-refractivity contribution in [3.63, 3.8) is 0 Å². The zero-order valence-corrected chi connectivity index (χ0v) is 9.32. The van der Waals surface area contributed by atoms with Gasteiger partial charge in [-0.3, -0.25) is 9.58 Å². The van der Waals surface area contributed by atoms with Crippen LogP contribution in [0.25, 0.3) is 0 Å². The van der Waals surface area contributed by atoms with E-state index in [0.29, 0.717) is 5.92 Å². The molecule has 3 heteroatoms. The van der Waals surface area contributed by atoms with Gasteiger partial charge in [0.05, 0.1) is 17.9 Å². The SMILES string of the molecule is CCN1CCn2nc(C(C)C)cc2C1. The summed E-state index contributed by atoms with van der Waals surface area (Å²) in [6.07, 6.45) is 0. The maximum atomic E-state index is 4.61. The number of aromatic nitrogens is 2. The Morgan fingerprint density at radius 3 is 2.86 bits per heavy atom. The van der Waals surface area contributed by atoms with Crippen LogP contribution in [0.4, 0.5) is 0 Å². The summed E-state index contributed by atoms with van der Waals surface area (Å²) in [7, 11) is 0. The van der Waals surface area contributed by atoms with Crippen molar-refractivity contribution >= 4 is 0 Å². The van der Waals surface area contributed by atoms with Gasteiger partial charge in [-0.1, -0.05) is 20.8 Å². The molecule has 0 atom stereocenters. The molecular formula is C11H19N3. The van der Waals surface area contributed by atoms with E-state index in [2.05, 4.69) is 41.5 Å². The summed E-state index contributed by atoms with van der Waals surface area (Å²) < 4.78 is 2.17. The van der Waals surface area contributed by atoms with Gasteiger partial charge in [-0.25, -0.2) is 0 Å². The first kappa shape index (κ1) is 9.71. The van der Waals surface area contributed by atoms with Crippen molar-refractivity contribution in [2.24, 2.45) is 0 Å². The van der Waals surface area contributed by atoms with E-state index >= 15 is 0 Å². The summed E-state index contributed by atoms with van der Waals surface area (Å²) in [6.45, 7) is 11.0. The Morgan fingerprint density at radius 1 is 1.43 bits per heavy atom. The zero-order valence-electron chi connectivity index (χ0n) is 9.32. The van der Waals surface area contributed by atoms with E-state index < -0.39 is 0 Å². The molecule has 1 aromatic rings. The molecule has 1 aliphatic heterocycles. The summed E-state index contributed by atoms with van der Waals surface area (Å²) in [4.78, 5) is 2.46. The van der Waals surface area contributed by atoms with Crippen LogP contribution in [0.5, 0.6) is 0 Å². The van der Waals surface area contributed by atoms with Crippen molar-refractivity contribution in [2.75, 3.05) is 13.1 Å². The lowest BCUT2D eigenvalue weighted by Crippen LogP contribution is -2.33. The first-order chi connectivity index (χ1) is 6.70. The Labute approximate surface area is 85.7 Å². The minimum absolute atomic E-state index is 0.545. The molecule has 14 heavy (non-hydrogen) atoms. The fourth-order valence-electron chi connectivity index (χ4n) is 1.89. The molecule has 0 aromatic carbocycles. The highest BCUT2D eigenvalue weighted by Crippen LogP contribution is 2.18. The molecule has 0 radical (unpaired) electrons. The van der Waals surface area contributed by atoms with E-state index in [9.17, 15) is 0 Å². The van der Waals surface area contributed by atoms with E-state index in [0.717, 1.165) is 26.2 Å². The minimum atomic E-state index is 0.545. The van der Waals surface area contributed by atoms with E-state index in [1.807, 2.05) is 0 Å². The summed E-state index contributed by atoms with van der Waals surface area (Å²) >= 11 is 0. The van der Waals surface area contributed by atoms with Crippen LogP contribution < -0.4 is 0 Å². The topological polar surface area (TPSA) is 21.1 Å². The Kier molecular flexibility index (Phi) is 2.59. The maximum absolute atomic E-state index is 4.61. The number of hydrogen-bond donors (Lipinski definition) is 0. The third-order valence-corrected chi connectivity index (χ3v) is 2.93. The monoisotopic (exact) mass is 193 g/mol. The number of hydrogen-bond acceptors (Lipinski definition) is 2. The molecule has 78 valence electrons. The maximum Gasteiger partial charge on any atom is 0.0653 e. The van der Waals surface area contributed by atoms with Crippen LogP contribution in [0.1, 0.15) is 38.1 Å². The third-order valence-electron chi connectivity index (χ3n) is 2.93. The molecule has 0 bridgehead atoms. The second-order valence-electron chi connectivity index (χ2n) is 4.31. The van der Waals surface area contributed by atoms with Gasteiger partial charge in [0, 0.05) is 13.1 Å². The van der Waals surface area contributed by atoms with Crippen LogP contribution in [-0.4, -0.2) is 27.8 Å². The van der Waals surface area contributed by atoms with Gasteiger partial charge in [-0.05, 0) is 18.5 Å². The molecule has 2 heterocycles. The summed E-state index contributed by atoms with van der Waals surface area (Å²) in [5.41, 5.74) is 2.61. The lowest BCUT2D eigenvalue weighted by Gasteiger charge is -2.25. The lowest BCUT2D eigenvalue weighted by molar-refractivity contribution is 0.223. The van der Waals surface area contributed by atoms with Gasteiger partial charge >= 0.3 is 0 Å². The van der Waals surface area contributed by atoms with E-state index in [1.54, 1.807) is 0 Å². The molecule has 0 saturated carbocycles. The standard InChI is InChI=1S/C11H19N3/c1-4-13-5-6-14-10(8-13)7-11(12-14)9(2)3/h7,9H,4-6,8H2,1-3H3. The van der Waals surface area contributed by atoms with Crippen molar-refractivity contribution in [3.8, 4) is 0 Å². The Hall–Kier alpha value is -0.830. The molecular weight excluding hydrogens is 174 g/mol. The molecule has 0 saturated heterocycles. The first-order valence-electron chi connectivity index (χ1n) is 5.49. The molecule has 0 N–H and O–H groups in total. The third kappa shape index (κ3) is 1.69. The van der Waals surface area contributed by atoms with Gasteiger partial charge in [0.2, 0.25) is 0 Å². The Morgan fingerprint density at radius 2 is 2.21 bits per heavy atom. The minimum Gasteiger partial charge on any atom is -0.296 e. The van der Waals surface area contributed by atoms with Crippen molar-refractivity contribution in [2.45, 2.75) is 39.8 Å². The van der Waals surface area contributed by atoms with E-state index in [1.165, 1.54) is 11.4 Å². The zero-order chi connectivity index (χ0) is 10.1. The van der Waals surface area contributed by atoms with Crippen LogP contribution in [0.2, 0.25) is 0 Å². The number of likely N-dealkylation sites (N-methyl/N-ethyl adjacent to an activating group) is 1. The van der Waals surface area contributed by atoms with Crippen molar-refractivity contribution in [1.29, 1.82) is 0 Å². The molecule has 0 unspecified atom stereocenters. The molecule has 2 rings (SSSR count). The Balaban J connectivity index is 2.21. The smallest absolute Gasteiger partial charge is 0.0653 e. The second-order valence-corrected chi connectivity index (χ2v) is 4.31. The quantitative estimate of drug-likeness (QED) is 0.714.